The number of rotatable bonds is 10. The predicted molar refractivity (Wildman–Crippen MR) is 144 cm³/mol. The molecule has 42 heavy (non-hydrogen) atoms. The summed E-state index contributed by atoms with van der Waals surface area (Å²) in [7, 11) is 0. The molecular formula is C28H34O14. The zero-order valence-electron chi connectivity index (χ0n) is 22.6. The summed E-state index contributed by atoms with van der Waals surface area (Å²) < 4.78 is 22.6. The van der Waals surface area contributed by atoms with Gasteiger partial charge in [-0.25, -0.2) is 0 Å². The second-order valence-corrected chi connectivity index (χ2v) is 9.96. The lowest BCUT2D eigenvalue weighted by Gasteiger charge is -2.44. The topological polar surface area (TPSA) is 240 Å². The Morgan fingerprint density at radius 2 is 1.64 bits per heavy atom. The first kappa shape index (κ1) is 31.6. The summed E-state index contributed by atoms with van der Waals surface area (Å²) in [6.45, 7) is 1.87. The number of hydrogen-bond donors (Lipinski definition) is 9. The Labute approximate surface area is 238 Å². The molecule has 1 aliphatic rings. The molecule has 2 aromatic carbocycles. The summed E-state index contributed by atoms with van der Waals surface area (Å²) in [6, 6.07) is 7.84. The van der Waals surface area contributed by atoms with Crippen molar-refractivity contribution in [1.29, 1.82) is 0 Å². The predicted octanol–water partition coefficient (Wildman–Crippen LogP) is -0.419. The molecule has 9 atom stereocenters. The van der Waals surface area contributed by atoms with Gasteiger partial charge in [0, 0.05) is 24.3 Å². The number of hydrogen-bond acceptors (Lipinski definition) is 14. The minimum absolute atomic E-state index is 0.0148. The highest BCUT2D eigenvalue weighted by molar-refractivity contribution is 5.88. The number of phenolic OH excluding ortho intramolecular Hbond substituents is 3. The van der Waals surface area contributed by atoms with E-state index < -0.39 is 84.2 Å². The fraction of sp³-hybridized carbons (Fsp3) is 0.464. The molecule has 0 amide bonds. The largest absolute Gasteiger partial charge is 0.508 e. The van der Waals surface area contributed by atoms with E-state index in [0.29, 0.717) is 5.56 Å². The maximum atomic E-state index is 13.2. The van der Waals surface area contributed by atoms with Gasteiger partial charge in [-0.05, 0) is 38.1 Å². The van der Waals surface area contributed by atoms with E-state index in [9.17, 15) is 50.8 Å². The highest BCUT2D eigenvalue weighted by Gasteiger charge is 2.49. The van der Waals surface area contributed by atoms with Crippen molar-refractivity contribution in [3.8, 4) is 28.6 Å². The molecule has 14 nitrogen and oxygen atoms in total. The zero-order valence-corrected chi connectivity index (χ0v) is 22.6. The Morgan fingerprint density at radius 1 is 0.976 bits per heavy atom. The van der Waals surface area contributed by atoms with Crippen LogP contribution in [0.25, 0.3) is 22.3 Å². The van der Waals surface area contributed by atoms with Crippen molar-refractivity contribution < 1.29 is 64.6 Å². The van der Waals surface area contributed by atoms with Crippen molar-refractivity contribution in [2.45, 2.75) is 69.0 Å². The number of ether oxygens (including phenoxy) is 3. The van der Waals surface area contributed by atoms with Crippen LogP contribution in [0.4, 0.5) is 0 Å². The number of aromatic hydroxyl groups is 3. The Bertz CT molecular complexity index is 1420. The fourth-order valence-corrected chi connectivity index (χ4v) is 4.81. The lowest BCUT2D eigenvalue weighted by molar-refractivity contribution is -0.305. The molecule has 0 bridgehead atoms. The minimum atomic E-state index is -1.87. The Balaban J connectivity index is 1.82. The van der Waals surface area contributed by atoms with Crippen molar-refractivity contribution >= 4 is 11.0 Å². The van der Waals surface area contributed by atoms with Crippen LogP contribution in [-0.2, 0) is 14.2 Å². The lowest BCUT2D eigenvalue weighted by Crippen LogP contribution is -2.58. The number of phenols is 3. The van der Waals surface area contributed by atoms with Crippen molar-refractivity contribution in [1.82, 2.24) is 0 Å². The molecule has 4 rings (SSSR count). The number of aliphatic hydroxyl groups excluding tert-OH is 6. The molecule has 9 unspecified atom stereocenters. The van der Waals surface area contributed by atoms with E-state index >= 15 is 0 Å². The van der Waals surface area contributed by atoms with Crippen LogP contribution < -0.4 is 5.43 Å². The van der Waals surface area contributed by atoms with Crippen LogP contribution in [0.15, 0.2) is 45.6 Å². The van der Waals surface area contributed by atoms with E-state index in [2.05, 4.69) is 0 Å². The van der Waals surface area contributed by atoms with Crippen molar-refractivity contribution in [2.24, 2.45) is 0 Å². The van der Waals surface area contributed by atoms with Crippen LogP contribution in [0.2, 0.25) is 0 Å². The van der Waals surface area contributed by atoms with E-state index in [1.54, 1.807) is 0 Å². The Kier molecular flexibility index (Phi) is 9.72. The van der Waals surface area contributed by atoms with E-state index in [-0.39, 0.29) is 29.1 Å². The first-order valence-electron chi connectivity index (χ1n) is 13.1. The molecule has 14 heteroatoms. The maximum absolute atomic E-state index is 13.2. The van der Waals surface area contributed by atoms with E-state index in [4.69, 9.17) is 18.6 Å². The molecule has 230 valence electrons. The monoisotopic (exact) mass is 594 g/mol. The molecule has 0 spiro atoms. The summed E-state index contributed by atoms with van der Waals surface area (Å²) in [6.07, 6.45) is -15.2. The first-order chi connectivity index (χ1) is 19.9. The Morgan fingerprint density at radius 3 is 2.24 bits per heavy atom. The van der Waals surface area contributed by atoms with Crippen LogP contribution in [0.3, 0.4) is 0 Å². The van der Waals surface area contributed by atoms with Crippen molar-refractivity contribution in [3.05, 3.63) is 52.2 Å². The molecule has 1 aromatic heterocycles. The quantitative estimate of drug-likeness (QED) is 0.136. The summed E-state index contributed by atoms with van der Waals surface area (Å²) in [5.74, 6) is -1.44. The summed E-state index contributed by atoms with van der Waals surface area (Å²) in [5.41, 5.74) is -1.00. The van der Waals surface area contributed by atoms with Crippen LogP contribution in [0.1, 0.15) is 25.5 Å². The minimum Gasteiger partial charge on any atom is -0.508 e. The molecule has 0 aliphatic carbocycles. The van der Waals surface area contributed by atoms with Crippen LogP contribution in [0, 0.1) is 0 Å². The number of benzene rings is 2. The molecule has 0 saturated carbocycles. The van der Waals surface area contributed by atoms with Crippen LogP contribution in [-0.4, -0.2) is 108 Å². The van der Waals surface area contributed by atoms with E-state index in [1.165, 1.54) is 38.1 Å². The molecule has 1 saturated heterocycles. The van der Waals surface area contributed by atoms with Gasteiger partial charge in [0.25, 0.3) is 0 Å². The van der Waals surface area contributed by atoms with Crippen LogP contribution in [0.5, 0.6) is 17.2 Å². The van der Waals surface area contributed by atoms with E-state index in [1.807, 2.05) is 0 Å². The number of aliphatic hydroxyl groups is 6. The van der Waals surface area contributed by atoms with Crippen LogP contribution >= 0.6 is 0 Å². The van der Waals surface area contributed by atoms with Gasteiger partial charge in [0.2, 0.25) is 0 Å². The van der Waals surface area contributed by atoms with Crippen molar-refractivity contribution in [2.75, 3.05) is 13.2 Å². The fourth-order valence-electron chi connectivity index (χ4n) is 4.81. The third-order valence-electron chi connectivity index (χ3n) is 7.06. The molecular weight excluding hydrogens is 560 g/mol. The molecule has 0 radical (unpaired) electrons. The highest BCUT2D eigenvalue weighted by Crippen LogP contribution is 2.46. The molecule has 1 aliphatic heterocycles. The average Bonchev–Trinajstić information content (AvgIpc) is 2.95. The number of fused-ring (bicyclic) bond motifs is 1. The highest BCUT2D eigenvalue weighted by atomic mass is 16.7. The van der Waals surface area contributed by atoms with Gasteiger partial charge in [0.1, 0.15) is 76.7 Å². The second-order valence-electron chi connectivity index (χ2n) is 9.96. The zero-order chi connectivity index (χ0) is 30.9. The molecule has 2 heterocycles. The van der Waals surface area contributed by atoms with Crippen molar-refractivity contribution in [3.63, 3.8) is 0 Å². The molecule has 1 fully saturated rings. The smallest absolute Gasteiger partial charge is 0.197 e. The molecule has 3 aromatic rings. The summed E-state index contributed by atoms with van der Waals surface area (Å²) >= 11 is 0. The van der Waals surface area contributed by atoms with Gasteiger partial charge in [-0.2, -0.15) is 0 Å². The van der Waals surface area contributed by atoms with Gasteiger partial charge in [-0.15, -0.1) is 0 Å². The summed E-state index contributed by atoms with van der Waals surface area (Å²) in [4.78, 5) is 13.2. The Hall–Kier alpha value is -3.31. The van der Waals surface area contributed by atoms with Gasteiger partial charge < -0.3 is 64.6 Å². The summed E-state index contributed by atoms with van der Waals surface area (Å²) in [5, 5.41) is 93.2. The lowest BCUT2D eigenvalue weighted by atomic mass is 9.89. The second kappa shape index (κ2) is 12.9. The normalized spacial score (nSPS) is 25.7. The third kappa shape index (κ3) is 6.08. The first-order valence-corrected chi connectivity index (χ1v) is 13.1. The van der Waals surface area contributed by atoms with Gasteiger partial charge in [-0.3, -0.25) is 4.79 Å². The third-order valence-corrected chi connectivity index (χ3v) is 7.06. The maximum Gasteiger partial charge on any atom is 0.197 e. The standard InChI is InChI=1S/C28H34O14/c1-3-39-28(25(38)21(34)11(2)30)42-27-24(37)22(35)18(10-29)41-26(27)20-15(33)9-17-19(23(20)36)14(32)8-16(40-17)12-4-6-13(31)7-5-12/h4-9,11,18,21-22,24-31,33-38H,3,10H2,1-2H3. The van der Waals surface area contributed by atoms with Gasteiger partial charge >= 0.3 is 0 Å². The average molecular weight is 595 g/mol. The van der Waals surface area contributed by atoms with Gasteiger partial charge in [0.15, 0.2) is 11.7 Å². The SMILES string of the molecule is CCOC(OC1C(c2c(O)cc3oc(-c4ccc(O)cc4)cc(=O)c3c2O)OC(CO)C(O)C1O)C(O)C(O)C(C)O. The van der Waals surface area contributed by atoms with E-state index in [0.717, 1.165) is 12.1 Å². The van der Waals surface area contributed by atoms with Gasteiger partial charge in [0.05, 0.1) is 18.3 Å². The molecule has 9 N–H and O–H groups in total. The van der Waals surface area contributed by atoms with Gasteiger partial charge in [-0.1, -0.05) is 0 Å².